The van der Waals surface area contributed by atoms with Crippen LogP contribution in [0.15, 0.2) is 24.4 Å². The third-order valence-corrected chi connectivity index (χ3v) is 7.47. The number of carbonyl (C=O) groups is 1. The number of pyridine rings is 1. The number of H-pyrrole nitrogens is 1. The fourth-order valence-corrected chi connectivity index (χ4v) is 5.36. The molecule has 39 heavy (non-hydrogen) atoms. The van der Waals surface area contributed by atoms with Crippen LogP contribution < -0.4 is 15.5 Å². The van der Waals surface area contributed by atoms with E-state index in [2.05, 4.69) is 41.2 Å². The Hall–Kier alpha value is -4.49. The Balaban J connectivity index is 1.21. The van der Waals surface area contributed by atoms with Gasteiger partial charge in [-0.1, -0.05) is 0 Å². The van der Waals surface area contributed by atoms with E-state index in [0.29, 0.717) is 42.2 Å². The third kappa shape index (κ3) is 4.66. The SMILES string of the molecule is Cc1nnn(C2CC(C(=O)Nc3ccc(F)nc3)N(c3nc4c(c(Nc5cc(C6CC6)[nH]n5)n3)CCC4)C2)n1. The van der Waals surface area contributed by atoms with E-state index in [1.807, 2.05) is 11.0 Å². The van der Waals surface area contributed by atoms with Crippen molar-refractivity contribution in [1.82, 2.24) is 45.4 Å². The van der Waals surface area contributed by atoms with Crippen molar-refractivity contribution in [1.29, 1.82) is 0 Å². The Kier molecular flexibility index (Phi) is 5.67. The number of carbonyl (C=O) groups excluding carboxylic acids is 1. The molecule has 2 aliphatic carbocycles. The normalized spacial score (nSPS) is 20.3. The van der Waals surface area contributed by atoms with Crippen LogP contribution in [0.4, 0.5) is 27.7 Å². The van der Waals surface area contributed by atoms with Gasteiger partial charge in [0.2, 0.25) is 17.8 Å². The lowest BCUT2D eigenvalue weighted by atomic mass is 10.1. The van der Waals surface area contributed by atoms with Crippen molar-refractivity contribution in [3.63, 3.8) is 0 Å². The van der Waals surface area contributed by atoms with Gasteiger partial charge >= 0.3 is 0 Å². The highest BCUT2D eigenvalue weighted by Crippen LogP contribution is 2.40. The van der Waals surface area contributed by atoms with Gasteiger partial charge in [-0.3, -0.25) is 9.89 Å². The van der Waals surface area contributed by atoms with Crippen molar-refractivity contribution >= 4 is 29.2 Å². The van der Waals surface area contributed by atoms with E-state index in [4.69, 9.17) is 9.97 Å². The number of hydrogen-bond donors (Lipinski definition) is 3. The predicted molar refractivity (Wildman–Crippen MR) is 138 cm³/mol. The number of hydrogen-bond acceptors (Lipinski definition) is 10. The number of amides is 1. The molecule has 0 aromatic carbocycles. The number of nitrogens with one attached hydrogen (secondary N) is 3. The maximum absolute atomic E-state index is 13.5. The van der Waals surface area contributed by atoms with E-state index >= 15 is 0 Å². The van der Waals surface area contributed by atoms with E-state index in [9.17, 15) is 9.18 Å². The maximum atomic E-state index is 13.5. The van der Waals surface area contributed by atoms with Crippen LogP contribution in [0.25, 0.3) is 0 Å². The minimum absolute atomic E-state index is 0.214. The lowest BCUT2D eigenvalue weighted by Crippen LogP contribution is -2.40. The predicted octanol–water partition coefficient (Wildman–Crippen LogP) is 2.60. The molecule has 1 saturated carbocycles. The zero-order chi connectivity index (χ0) is 26.5. The van der Waals surface area contributed by atoms with Crippen LogP contribution >= 0.6 is 0 Å². The lowest BCUT2D eigenvalue weighted by Gasteiger charge is -2.25. The molecule has 1 aliphatic heterocycles. The Labute approximate surface area is 222 Å². The Morgan fingerprint density at radius 2 is 2.10 bits per heavy atom. The van der Waals surface area contributed by atoms with Crippen molar-refractivity contribution in [3.05, 3.63) is 53.1 Å². The summed E-state index contributed by atoms with van der Waals surface area (Å²) in [6.07, 6.45) is 6.79. The molecule has 0 bridgehead atoms. The summed E-state index contributed by atoms with van der Waals surface area (Å²) in [4.78, 5) is 30.4. The Bertz CT molecular complexity index is 1530. The summed E-state index contributed by atoms with van der Waals surface area (Å²) in [6, 6.07) is 3.89. The largest absolute Gasteiger partial charge is 0.326 e. The first-order chi connectivity index (χ1) is 19.0. The van der Waals surface area contributed by atoms with Gasteiger partial charge in [0.25, 0.3) is 0 Å². The van der Waals surface area contributed by atoms with Crippen LogP contribution in [0.3, 0.4) is 0 Å². The number of tetrazole rings is 1. The molecule has 200 valence electrons. The number of aromatic nitrogens is 9. The summed E-state index contributed by atoms with van der Waals surface area (Å²) in [7, 11) is 0. The quantitative estimate of drug-likeness (QED) is 0.304. The van der Waals surface area contributed by atoms with E-state index in [-0.39, 0.29) is 11.9 Å². The standard InChI is InChI=1S/C25H27FN12O/c1-13-32-36-38(35-13)16-9-20(24(39)28-15-7-8-21(26)27-11-15)37(12-16)25-29-18-4-2-3-17(18)23(31-25)30-22-10-19(33-34-22)14-5-6-14/h7-8,10-11,14,16,20H,2-6,9,12H2,1H3,(H,28,39)(H2,29,30,31,33,34). The summed E-state index contributed by atoms with van der Waals surface area (Å²) in [5.41, 5.74) is 3.59. The van der Waals surface area contributed by atoms with E-state index in [1.54, 1.807) is 11.7 Å². The number of halogens is 1. The van der Waals surface area contributed by atoms with Crippen LogP contribution in [0.2, 0.25) is 0 Å². The molecular weight excluding hydrogens is 503 g/mol. The monoisotopic (exact) mass is 530 g/mol. The average Bonchev–Trinajstić information content (AvgIpc) is 3.33. The average molecular weight is 531 g/mol. The zero-order valence-corrected chi connectivity index (χ0v) is 21.3. The fourth-order valence-electron chi connectivity index (χ4n) is 5.36. The zero-order valence-electron chi connectivity index (χ0n) is 21.3. The van der Waals surface area contributed by atoms with Gasteiger partial charge in [-0.2, -0.15) is 19.3 Å². The molecule has 13 nitrogen and oxygen atoms in total. The van der Waals surface area contributed by atoms with E-state index in [0.717, 1.165) is 42.0 Å². The van der Waals surface area contributed by atoms with Gasteiger partial charge in [0.15, 0.2) is 11.6 Å². The molecule has 0 spiro atoms. The molecule has 14 heteroatoms. The summed E-state index contributed by atoms with van der Waals surface area (Å²) in [6.45, 7) is 2.19. The van der Waals surface area contributed by atoms with Crippen molar-refractivity contribution in [2.45, 2.75) is 63.5 Å². The number of aryl methyl sites for hydroxylation is 2. The fraction of sp³-hybridized carbons (Fsp3) is 0.440. The summed E-state index contributed by atoms with van der Waals surface area (Å²) >= 11 is 0. The summed E-state index contributed by atoms with van der Waals surface area (Å²) in [5, 5.41) is 26.4. The molecule has 5 heterocycles. The van der Waals surface area contributed by atoms with Gasteiger partial charge in [0.1, 0.15) is 11.9 Å². The highest BCUT2D eigenvalue weighted by Gasteiger charge is 2.41. The molecule has 2 fully saturated rings. The van der Waals surface area contributed by atoms with Crippen molar-refractivity contribution in [3.8, 4) is 0 Å². The molecule has 3 N–H and O–H groups in total. The molecular formula is C25H27FN12O. The van der Waals surface area contributed by atoms with E-state index in [1.165, 1.54) is 31.2 Å². The molecule has 0 radical (unpaired) electrons. The first-order valence-electron chi connectivity index (χ1n) is 13.2. The van der Waals surface area contributed by atoms with Crippen LogP contribution in [0, 0.1) is 12.9 Å². The Morgan fingerprint density at radius 1 is 1.21 bits per heavy atom. The molecule has 4 aromatic heterocycles. The van der Waals surface area contributed by atoms with Gasteiger partial charge in [-0.15, -0.1) is 10.2 Å². The second-order valence-electron chi connectivity index (χ2n) is 10.3. The van der Waals surface area contributed by atoms with Gasteiger partial charge in [-0.25, -0.2) is 9.97 Å². The smallest absolute Gasteiger partial charge is 0.247 e. The van der Waals surface area contributed by atoms with E-state index < -0.39 is 12.0 Å². The van der Waals surface area contributed by atoms with Crippen LogP contribution in [-0.4, -0.2) is 63.9 Å². The molecule has 1 amide bonds. The molecule has 2 unspecified atom stereocenters. The minimum atomic E-state index is -0.620. The topological polar surface area (TPSA) is 155 Å². The molecule has 2 atom stereocenters. The lowest BCUT2D eigenvalue weighted by molar-refractivity contribution is -0.117. The summed E-state index contributed by atoms with van der Waals surface area (Å²) in [5.74, 6) is 2.10. The minimum Gasteiger partial charge on any atom is -0.326 e. The molecule has 3 aliphatic rings. The third-order valence-electron chi connectivity index (χ3n) is 7.47. The second kappa shape index (κ2) is 9.36. The summed E-state index contributed by atoms with van der Waals surface area (Å²) < 4.78 is 13.3. The first kappa shape index (κ1) is 23.6. The highest BCUT2D eigenvalue weighted by molar-refractivity contribution is 5.97. The van der Waals surface area contributed by atoms with Crippen molar-refractivity contribution in [2.24, 2.45) is 0 Å². The van der Waals surface area contributed by atoms with Crippen molar-refractivity contribution in [2.75, 3.05) is 22.1 Å². The second-order valence-corrected chi connectivity index (χ2v) is 10.3. The Morgan fingerprint density at radius 3 is 2.87 bits per heavy atom. The first-order valence-corrected chi connectivity index (χ1v) is 13.2. The van der Waals surface area contributed by atoms with Crippen LogP contribution in [-0.2, 0) is 17.6 Å². The molecule has 7 rings (SSSR count). The number of anilines is 4. The van der Waals surface area contributed by atoms with Crippen molar-refractivity contribution < 1.29 is 9.18 Å². The molecule has 4 aromatic rings. The van der Waals surface area contributed by atoms with Gasteiger partial charge in [0.05, 0.1) is 23.6 Å². The van der Waals surface area contributed by atoms with Gasteiger partial charge in [0, 0.05) is 36.2 Å². The number of nitrogens with zero attached hydrogens (tertiary/aromatic N) is 9. The maximum Gasteiger partial charge on any atom is 0.247 e. The van der Waals surface area contributed by atoms with Gasteiger partial charge in [-0.05, 0) is 56.4 Å². The molecule has 1 saturated heterocycles. The van der Waals surface area contributed by atoms with Crippen LogP contribution in [0.5, 0.6) is 0 Å². The highest BCUT2D eigenvalue weighted by atomic mass is 19.1. The number of fused-ring (bicyclic) bond motifs is 1. The number of aromatic amines is 1. The van der Waals surface area contributed by atoms with Gasteiger partial charge < -0.3 is 15.5 Å². The number of rotatable bonds is 7. The van der Waals surface area contributed by atoms with Crippen LogP contribution in [0.1, 0.15) is 60.4 Å².